The predicted molar refractivity (Wildman–Crippen MR) is 93.1 cm³/mol. The molecular weight excluding hydrogens is 320 g/mol. The zero-order valence-electron chi connectivity index (χ0n) is 15.3. The van der Waals surface area contributed by atoms with Crippen LogP contribution in [0.3, 0.4) is 0 Å². The summed E-state index contributed by atoms with van der Waals surface area (Å²) in [7, 11) is 0. The van der Waals surface area contributed by atoms with Crippen LogP contribution in [-0.4, -0.2) is 51.5 Å². The van der Waals surface area contributed by atoms with E-state index in [4.69, 9.17) is 9.47 Å². The lowest BCUT2D eigenvalue weighted by molar-refractivity contribution is -0.184. The number of carbonyl (C=O) groups is 1. The van der Waals surface area contributed by atoms with Crippen LogP contribution in [0, 0.1) is 0 Å². The molecule has 1 aromatic heterocycles. The van der Waals surface area contributed by atoms with E-state index in [1.807, 2.05) is 39.0 Å². The van der Waals surface area contributed by atoms with Gasteiger partial charge in [-0.3, -0.25) is 4.98 Å². The first-order valence-corrected chi connectivity index (χ1v) is 9.01. The van der Waals surface area contributed by atoms with Crippen LogP contribution in [0.5, 0.6) is 0 Å². The number of rotatable bonds is 1. The van der Waals surface area contributed by atoms with Crippen molar-refractivity contribution in [2.24, 2.45) is 0 Å². The van der Waals surface area contributed by atoms with E-state index in [0.717, 1.165) is 5.69 Å². The fraction of sp³-hybridized carbons (Fsp3) is 0.684. The highest BCUT2D eigenvalue weighted by atomic mass is 16.6. The fourth-order valence-electron chi connectivity index (χ4n) is 3.65. The van der Waals surface area contributed by atoms with Gasteiger partial charge in [-0.1, -0.05) is 6.07 Å². The van der Waals surface area contributed by atoms with Gasteiger partial charge in [-0.05, 0) is 45.7 Å². The van der Waals surface area contributed by atoms with Crippen LogP contribution in [0.15, 0.2) is 24.4 Å². The molecule has 0 unspecified atom stereocenters. The van der Waals surface area contributed by atoms with Gasteiger partial charge in [-0.25, -0.2) is 4.79 Å². The summed E-state index contributed by atoms with van der Waals surface area (Å²) in [5.74, 6) is 0. The Labute approximate surface area is 149 Å². The normalized spacial score (nSPS) is 26.5. The van der Waals surface area contributed by atoms with Gasteiger partial charge in [0.05, 0.1) is 17.4 Å². The molecule has 3 heterocycles. The second kappa shape index (κ2) is 6.92. The molecule has 1 spiro atoms. The first-order valence-electron chi connectivity index (χ1n) is 9.01. The van der Waals surface area contributed by atoms with Crippen molar-refractivity contribution >= 4 is 6.09 Å². The molecule has 2 aliphatic heterocycles. The summed E-state index contributed by atoms with van der Waals surface area (Å²) in [5.41, 5.74) is -0.0261. The van der Waals surface area contributed by atoms with Gasteiger partial charge >= 0.3 is 6.09 Å². The Kier molecular flexibility index (Phi) is 5.02. The van der Waals surface area contributed by atoms with Crippen molar-refractivity contribution in [3.05, 3.63) is 30.1 Å². The van der Waals surface area contributed by atoms with Crippen molar-refractivity contribution in [1.29, 1.82) is 0 Å². The van der Waals surface area contributed by atoms with Crippen LogP contribution in [0.1, 0.15) is 58.3 Å². The highest BCUT2D eigenvalue weighted by Crippen LogP contribution is 2.42. The number of nitrogens with zero attached hydrogens (tertiary/aromatic N) is 2. The lowest BCUT2D eigenvalue weighted by Gasteiger charge is -2.47. The topological polar surface area (TPSA) is 71.9 Å². The smallest absolute Gasteiger partial charge is 0.410 e. The molecule has 6 heteroatoms. The highest BCUT2D eigenvalue weighted by Gasteiger charge is 2.45. The molecule has 0 saturated carbocycles. The van der Waals surface area contributed by atoms with Crippen molar-refractivity contribution in [2.45, 2.75) is 69.9 Å². The van der Waals surface area contributed by atoms with Gasteiger partial charge in [0.25, 0.3) is 0 Å². The minimum Gasteiger partial charge on any atom is -0.444 e. The summed E-state index contributed by atoms with van der Waals surface area (Å²) >= 11 is 0. The monoisotopic (exact) mass is 348 g/mol. The van der Waals surface area contributed by atoms with Crippen molar-refractivity contribution < 1.29 is 19.4 Å². The second-order valence-corrected chi connectivity index (χ2v) is 8.11. The summed E-state index contributed by atoms with van der Waals surface area (Å²) in [6.45, 7) is 6.77. The highest BCUT2D eigenvalue weighted by molar-refractivity contribution is 5.68. The van der Waals surface area contributed by atoms with Gasteiger partial charge in [-0.2, -0.15) is 0 Å². The molecule has 1 amide bonds. The average Bonchev–Trinajstić information content (AvgIpc) is 2.54. The van der Waals surface area contributed by atoms with Crippen LogP contribution in [-0.2, 0) is 9.47 Å². The van der Waals surface area contributed by atoms with E-state index in [9.17, 15) is 9.90 Å². The molecule has 2 saturated heterocycles. The largest absolute Gasteiger partial charge is 0.444 e. The predicted octanol–water partition coefficient (Wildman–Crippen LogP) is 3.06. The van der Waals surface area contributed by atoms with Crippen LogP contribution in [0.2, 0.25) is 0 Å². The molecule has 0 bridgehead atoms. The first kappa shape index (κ1) is 18.1. The van der Waals surface area contributed by atoms with Crippen molar-refractivity contribution in [3.8, 4) is 0 Å². The molecule has 6 nitrogen and oxygen atoms in total. The number of piperidine rings is 1. The summed E-state index contributed by atoms with van der Waals surface area (Å²) in [4.78, 5) is 18.3. The molecule has 1 aromatic rings. The lowest BCUT2D eigenvalue weighted by Crippen LogP contribution is -2.52. The maximum absolute atomic E-state index is 12.2. The Bertz CT molecular complexity index is 591. The summed E-state index contributed by atoms with van der Waals surface area (Å²) in [5, 5.41) is 10.4. The number of hydrogen-bond acceptors (Lipinski definition) is 5. The fourth-order valence-corrected chi connectivity index (χ4v) is 3.65. The van der Waals surface area contributed by atoms with Gasteiger partial charge in [0.2, 0.25) is 0 Å². The lowest BCUT2D eigenvalue weighted by atomic mass is 9.81. The quantitative estimate of drug-likeness (QED) is 0.844. The minimum atomic E-state index is -0.492. The minimum absolute atomic E-state index is 0.196. The van der Waals surface area contributed by atoms with Crippen LogP contribution in [0.25, 0.3) is 0 Å². The molecule has 3 rings (SSSR count). The van der Waals surface area contributed by atoms with E-state index >= 15 is 0 Å². The Hall–Kier alpha value is -1.66. The Morgan fingerprint density at radius 3 is 2.68 bits per heavy atom. The van der Waals surface area contributed by atoms with Gasteiger partial charge in [0.15, 0.2) is 0 Å². The molecule has 1 N–H and O–H groups in total. The van der Waals surface area contributed by atoms with Gasteiger partial charge in [-0.15, -0.1) is 0 Å². The number of carbonyl (C=O) groups excluding carboxylic acids is 1. The van der Waals surface area contributed by atoms with Crippen LogP contribution in [0.4, 0.5) is 4.79 Å². The number of likely N-dealkylation sites (tertiary alicyclic amines) is 1. The number of amides is 1. The molecular formula is C19H28N2O4. The third kappa shape index (κ3) is 4.50. The summed E-state index contributed by atoms with van der Waals surface area (Å²) < 4.78 is 11.9. The third-order valence-electron chi connectivity index (χ3n) is 4.83. The standard InChI is InChI=1S/C19H28N2O4/c1-18(2,3)25-17(23)21-10-7-19(8-11-21)13-14(22)12-16(24-19)15-6-4-5-9-20-15/h4-6,9,14,16,22H,7-8,10-13H2,1-3H3/t14-,16-/m1/s1. The SMILES string of the molecule is CC(C)(C)OC(=O)N1CCC2(CC1)C[C@H](O)C[C@H](c1ccccn1)O2. The van der Waals surface area contributed by atoms with Crippen LogP contribution < -0.4 is 0 Å². The van der Waals surface area contributed by atoms with E-state index in [2.05, 4.69) is 4.98 Å². The van der Waals surface area contributed by atoms with Gasteiger partial charge in [0.1, 0.15) is 11.7 Å². The third-order valence-corrected chi connectivity index (χ3v) is 4.83. The molecule has 25 heavy (non-hydrogen) atoms. The number of aromatic nitrogens is 1. The van der Waals surface area contributed by atoms with Crippen LogP contribution >= 0.6 is 0 Å². The zero-order chi connectivity index (χ0) is 18.1. The summed E-state index contributed by atoms with van der Waals surface area (Å²) in [6.07, 6.45) is 3.44. The zero-order valence-corrected chi connectivity index (χ0v) is 15.3. The number of aliphatic hydroxyl groups is 1. The van der Waals surface area contributed by atoms with Crippen molar-refractivity contribution in [1.82, 2.24) is 9.88 Å². The number of aliphatic hydroxyl groups excluding tert-OH is 1. The van der Waals surface area contributed by atoms with Crippen molar-refractivity contribution in [3.63, 3.8) is 0 Å². The van der Waals surface area contributed by atoms with E-state index in [-0.39, 0.29) is 12.2 Å². The molecule has 138 valence electrons. The molecule has 0 aromatic carbocycles. The van der Waals surface area contributed by atoms with E-state index in [0.29, 0.717) is 38.8 Å². The summed E-state index contributed by atoms with van der Waals surface area (Å²) in [6, 6.07) is 5.74. The van der Waals surface area contributed by atoms with Gasteiger partial charge < -0.3 is 19.5 Å². The molecule has 0 radical (unpaired) electrons. The molecule has 2 atom stereocenters. The maximum atomic E-state index is 12.2. The number of hydrogen-bond donors (Lipinski definition) is 1. The molecule has 2 fully saturated rings. The maximum Gasteiger partial charge on any atom is 0.410 e. The van der Waals surface area contributed by atoms with Crippen molar-refractivity contribution in [2.75, 3.05) is 13.1 Å². The van der Waals surface area contributed by atoms with E-state index < -0.39 is 17.3 Å². The molecule has 2 aliphatic rings. The Morgan fingerprint density at radius 1 is 1.36 bits per heavy atom. The first-order chi connectivity index (χ1) is 11.8. The second-order valence-electron chi connectivity index (χ2n) is 8.11. The van der Waals surface area contributed by atoms with Gasteiger partial charge in [0, 0.05) is 32.1 Å². The number of ether oxygens (including phenoxy) is 2. The van der Waals surface area contributed by atoms with E-state index in [1.165, 1.54) is 0 Å². The Morgan fingerprint density at radius 2 is 2.08 bits per heavy atom. The van der Waals surface area contributed by atoms with E-state index in [1.54, 1.807) is 11.1 Å². The Balaban J connectivity index is 1.64. The number of pyridine rings is 1. The average molecular weight is 348 g/mol. The molecule has 0 aliphatic carbocycles.